The number of nitrogens with one attached hydrogen (secondary N) is 1. The molecule has 1 aliphatic rings. The van der Waals surface area contributed by atoms with Crippen LogP contribution in [0.2, 0.25) is 0 Å². The molecule has 0 aliphatic carbocycles. The van der Waals surface area contributed by atoms with Gasteiger partial charge in [-0.3, -0.25) is 0 Å². The highest BCUT2D eigenvalue weighted by molar-refractivity contribution is 5.59. The monoisotopic (exact) mass is 284 g/mol. The van der Waals surface area contributed by atoms with Crippen molar-refractivity contribution in [3.63, 3.8) is 0 Å². The summed E-state index contributed by atoms with van der Waals surface area (Å²) >= 11 is 0. The van der Waals surface area contributed by atoms with E-state index in [0.717, 1.165) is 49.0 Å². The average molecular weight is 284 g/mol. The second-order valence-electron chi connectivity index (χ2n) is 5.24. The number of nitrogens with zero attached hydrogens (tertiary/aromatic N) is 3. The fraction of sp³-hybridized carbons (Fsp3) is 0.375. The van der Waals surface area contributed by atoms with Gasteiger partial charge >= 0.3 is 6.01 Å². The van der Waals surface area contributed by atoms with Crippen molar-refractivity contribution in [1.82, 2.24) is 15.3 Å². The van der Waals surface area contributed by atoms with E-state index in [2.05, 4.69) is 26.3 Å². The lowest BCUT2D eigenvalue weighted by Gasteiger charge is -2.30. The molecule has 21 heavy (non-hydrogen) atoms. The van der Waals surface area contributed by atoms with Crippen LogP contribution < -0.4 is 15.0 Å². The van der Waals surface area contributed by atoms with E-state index in [1.54, 1.807) is 0 Å². The van der Waals surface area contributed by atoms with Gasteiger partial charge in [-0.05, 0) is 32.0 Å². The summed E-state index contributed by atoms with van der Waals surface area (Å²) in [6.07, 6.45) is 0. The average Bonchev–Trinajstić information content (AvgIpc) is 2.48. The van der Waals surface area contributed by atoms with Gasteiger partial charge in [0, 0.05) is 37.6 Å². The second-order valence-corrected chi connectivity index (χ2v) is 5.24. The third kappa shape index (κ3) is 3.31. The highest BCUT2D eigenvalue weighted by atomic mass is 16.5. The van der Waals surface area contributed by atoms with E-state index >= 15 is 0 Å². The van der Waals surface area contributed by atoms with Crippen LogP contribution in [0.4, 0.5) is 5.69 Å². The molecule has 1 N–H and O–H groups in total. The molecule has 1 aliphatic heterocycles. The molecule has 5 nitrogen and oxygen atoms in total. The fourth-order valence-electron chi connectivity index (χ4n) is 2.55. The molecule has 0 radical (unpaired) electrons. The van der Waals surface area contributed by atoms with Gasteiger partial charge in [-0.1, -0.05) is 12.1 Å². The zero-order valence-electron chi connectivity index (χ0n) is 12.5. The first kappa shape index (κ1) is 13.8. The first-order valence-corrected chi connectivity index (χ1v) is 7.27. The number of ether oxygens (including phenoxy) is 1. The van der Waals surface area contributed by atoms with E-state index in [1.165, 1.54) is 0 Å². The van der Waals surface area contributed by atoms with Gasteiger partial charge in [0.2, 0.25) is 0 Å². The fourth-order valence-corrected chi connectivity index (χ4v) is 2.55. The lowest BCUT2D eigenvalue weighted by atomic mass is 10.2. The first-order chi connectivity index (χ1) is 10.2. The van der Waals surface area contributed by atoms with Gasteiger partial charge in [-0.25, -0.2) is 9.97 Å². The first-order valence-electron chi connectivity index (χ1n) is 7.27. The number of piperazine rings is 1. The van der Waals surface area contributed by atoms with Gasteiger partial charge in [0.05, 0.1) is 5.69 Å². The molecule has 1 aromatic carbocycles. The van der Waals surface area contributed by atoms with Gasteiger partial charge < -0.3 is 15.0 Å². The molecular formula is C16H20N4O. The Hall–Kier alpha value is -2.14. The molecule has 0 spiro atoms. The van der Waals surface area contributed by atoms with Crippen molar-refractivity contribution in [2.75, 3.05) is 31.1 Å². The number of hydrogen-bond donors (Lipinski definition) is 1. The summed E-state index contributed by atoms with van der Waals surface area (Å²) in [4.78, 5) is 11.0. The van der Waals surface area contributed by atoms with Crippen molar-refractivity contribution in [3.05, 3.63) is 41.7 Å². The molecule has 3 rings (SSSR count). The zero-order chi connectivity index (χ0) is 14.7. The number of aryl methyl sites for hydroxylation is 2. The Morgan fingerprint density at radius 2 is 1.71 bits per heavy atom. The molecule has 0 amide bonds. The Balaban J connectivity index is 1.87. The molecular weight excluding hydrogens is 264 g/mol. The van der Waals surface area contributed by atoms with Gasteiger partial charge in [-0.15, -0.1) is 0 Å². The van der Waals surface area contributed by atoms with E-state index in [-0.39, 0.29) is 0 Å². The van der Waals surface area contributed by atoms with Crippen LogP contribution in [0.1, 0.15) is 11.4 Å². The van der Waals surface area contributed by atoms with E-state index in [0.29, 0.717) is 6.01 Å². The molecule has 0 unspecified atom stereocenters. The Labute approximate surface area is 125 Å². The van der Waals surface area contributed by atoms with Crippen LogP contribution in [-0.2, 0) is 0 Å². The number of hydrogen-bond acceptors (Lipinski definition) is 5. The predicted molar refractivity (Wildman–Crippen MR) is 83.1 cm³/mol. The quantitative estimate of drug-likeness (QED) is 0.937. The van der Waals surface area contributed by atoms with Crippen LogP contribution in [0.15, 0.2) is 30.3 Å². The van der Waals surface area contributed by atoms with Crippen molar-refractivity contribution in [3.8, 4) is 11.8 Å². The lowest BCUT2D eigenvalue weighted by molar-refractivity contribution is 0.436. The Bertz CT molecular complexity index is 603. The molecule has 0 bridgehead atoms. The maximum absolute atomic E-state index is 5.94. The van der Waals surface area contributed by atoms with Crippen molar-refractivity contribution in [2.45, 2.75) is 13.8 Å². The van der Waals surface area contributed by atoms with Crippen LogP contribution in [0.5, 0.6) is 11.8 Å². The molecule has 110 valence electrons. The number of benzene rings is 1. The summed E-state index contributed by atoms with van der Waals surface area (Å²) in [5, 5.41) is 3.36. The maximum atomic E-state index is 5.94. The zero-order valence-corrected chi connectivity index (χ0v) is 12.5. The van der Waals surface area contributed by atoms with E-state index < -0.39 is 0 Å². The minimum absolute atomic E-state index is 0.412. The number of anilines is 1. The summed E-state index contributed by atoms with van der Waals surface area (Å²) in [6.45, 7) is 7.85. The van der Waals surface area contributed by atoms with Crippen molar-refractivity contribution >= 4 is 5.69 Å². The smallest absolute Gasteiger partial charge is 0.322 e. The number of rotatable bonds is 3. The topological polar surface area (TPSA) is 50.3 Å². The minimum atomic E-state index is 0.412. The third-order valence-corrected chi connectivity index (χ3v) is 3.49. The Morgan fingerprint density at radius 1 is 1.05 bits per heavy atom. The lowest BCUT2D eigenvalue weighted by Crippen LogP contribution is -2.43. The van der Waals surface area contributed by atoms with Crippen LogP contribution in [0.25, 0.3) is 0 Å². The Morgan fingerprint density at radius 3 is 2.43 bits per heavy atom. The van der Waals surface area contributed by atoms with Crippen LogP contribution in [0.3, 0.4) is 0 Å². The minimum Gasteiger partial charge on any atom is -0.422 e. The van der Waals surface area contributed by atoms with Gasteiger partial charge in [-0.2, -0.15) is 0 Å². The summed E-state index contributed by atoms with van der Waals surface area (Å²) < 4.78 is 5.94. The van der Waals surface area contributed by atoms with Crippen LogP contribution in [0, 0.1) is 13.8 Å². The SMILES string of the molecule is Cc1cc(C)nc(Oc2ccccc2N2CCNCC2)n1. The van der Waals surface area contributed by atoms with Crippen LogP contribution in [-0.4, -0.2) is 36.1 Å². The summed E-state index contributed by atoms with van der Waals surface area (Å²) in [5.74, 6) is 0.810. The van der Waals surface area contributed by atoms with E-state index in [4.69, 9.17) is 4.74 Å². The molecule has 2 aromatic rings. The van der Waals surface area contributed by atoms with E-state index in [9.17, 15) is 0 Å². The summed E-state index contributed by atoms with van der Waals surface area (Å²) in [6, 6.07) is 10.4. The molecule has 1 fully saturated rings. The van der Waals surface area contributed by atoms with Crippen molar-refractivity contribution < 1.29 is 4.74 Å². The van der Waals surface area contributed by atoms with Crippen molar-refractivity contribution in [1.29, 1.82) is 0 Å². The predicted octanol–water partition coefficient (Wildman–Crippen LogP) is 2.30. The summed E-state index contributed by atoms with van der Waals surface area (Å²) in [5.41, 5.74) is 2.93. The highest BCUT2D eigenvalue weighted by Crippen LogP contribution is 2.31. The maximum Gasteiger partial charge on any atom is 0.322 e. The molecule has 2 heterocycles. The summed E-state index contributed by atoms with van der Waals surface area (Å²) in [7, 11) is 0. The van der Waals surface area contributed by atoms with E-state index in [1.807, 2.05) is 38.1 Å². The highest BCUT2D eigenvalue weighted by Gasteiger charge is 2.15. The standard InChI is InChI=1S/C16H20N4O/c1-12-11-13(2)19-16(18-12)21-15-6-4-3-5-14(15)20-9-7-17-8-10-20/h3-6,11,17H,7-10H2,1-2H3. The van der Waals surface area contributed by atoms with Gasteiger partial charge in [0.25, 0.3) is 0 Å². The molecule has 5 heteroatoms. The van der Waals surface area contributed by atoms with Crippen LogP contribution >= 0.6 is 0 Å². The third-order valence-electron chi connectivity index (χ3n) is 3.49. The molecule has 1 aromatic heterocycles. The largest absolute Gasteiger partial charge is 0.422 e. The van der Waals surface area contributed by atoms with Gasteiger partial charge in [0.15, 0.2) is 5.75 Å². The van der Waals surface area contributed by atoms with Crippen molar-refractivity contribution in [2.24, 2.45) is 0 Å². The number of aromatic nitrogens is 2. The molecule has 1 saturated heterocycles. The second kappa shape index (κ2) is 6.10. The number of para-hydroxylation sites is 2. The molecule has 0 atom stereocenters. The molecule has 0 saturated carbocycles. The van der Waals surface area contributed by atoms with Gasteiger partial charge in [0.1, 0.15) is 0 Å². The Kier molecular flexibility index (Phi) is 4.01. The normalized spacial score (nSPS) is 15.0.